The zero-order chi connectivity index (χ0) is 20.8. The molecule has 0 aliphatic carbocycles. The van der Waals surface area contributed by atoms with Crippen molar-refractivity contribution >= 4 is 17.7 Å². The molecule has 0 aliphatic heterocycles. The Labute approximate surface area is 157 Å². The number of hydrogen-bond acceptors (Lipinski definition) is 5. The summed E-state index contributed by atoms with van der Waals surface area (Å²) in [6, 6.07) is 16.2. The van der Waals surface area contributed by atoms with Crippen LogP contribution < -0.4 is 0 Å². The number of carboxylic acid groups (broad SMARTS) is 2. The largest absolute Gasteiger partial charge is 0.478 e. The Morgan fingerprint density at radius 3 is 1.44 bits per heavy atom. The van der Waals surface area contributed by atoms with Crippen LogP contribution in [0.2, 0.25) is 0 Å². The molecule has 0 fully saturated rings. The maximum absolute atomic E-state index is 10.7. The van der Waals surface area contributed by atoms with E-state index in [1.165, 1.54) is 12.1 Å². The van der Waals surface area contributed by atoms with Crippen molar-refractivity contribution in [1.29, 1.82) is 0 Å². The smallest absolute Gasteiger partial charge is 0.377 e. The van der Waals surface area contributed by atoms with Crippen LogP contribution in [0.1, 0.15) is 34.6 Å². The predicted octanol–water partition coefficient (Wildman–Crippen LogP) is 2.33. The Kier molecular flexibility index (Phi) is 11.7. The number of ketones is 1. The van der Waals surface area contributed by atoms with Crippen molar-refractivity contribution in [2.75, 3.05) is 6.61 Å². The SMILES string of the molecule is CC(O)C(C)CO.O=C(O)C(=O)c1ccccc1.O=C(O)c1ccccc1. The Bertz CT molecular complexity index is 697. The summed E-state index contributed by atoms with van der Waals surface area (Å²) in [7, 11) is 0. The predicted molar refractivity (Wildman–Crippen MR) is 99.7 cm³/mol. The van der Waals surface area contributed by atoms with E-state index in [9.17, 15) is 14.4 Å². The maximum atomic E-state index is 10.7. The molecule has 0 radical (unpaired) electrons. The van der Waals surface area contributed by atoms with Crippen molar-refractivity contribution < 1.29 is 34.8 Å². The molecular formula is C20H24O7. The summed E-state index contributed by atoms with van der Waals surface area (Å²) in [5.74, 6) is -3.16. The third kappa shape index (κ3) is 10.5. The molecule has 0 amide bonds. The number of carboxylic acids is 2. The molecule has 2 rings (SSSR count). The molecule has 0 saturated heterocycles. The molecule has 27 heavy (non-hydrogen) atoms. The van der Waals surface area contributed by atoms with Crippen LogP contribution in [0, 0.1) is 5.92 Å². The second-order valence-corrected chi connectivity index (χ2v) is 5.57. The molecule has 2 atom stereocenters. The van der Waals surface area contributed by atoms with E-state index >= 15 is 0 Å². The van der Waals surface area contributed by atoms with Crippen molar-refractivity contribution in [1.82, 2.24) is 0 Å². The van der Waals surface area contributed by atoms with E-state index in [0.717, 1.165) is 0 Å². The Morgan fingerprint density at radius 1 is 0.815 bits per heavy atom. The van der Waals surface area contributed by atoms with Gasteiger partial charge in [0.15, 0.2) is 0 Å². The molecule has 2 unspecified atom stereocenters. The third-order valence-corrected chi connectivity index (χ3v) is 3.36. The van der Waals surface area contributed by atoms with Crippen LogP contribution >= 0.6 is 0 Å². The number of benzene rings is 2. The van der Waals surface area contributed by atoms with Crippen molar-refractivity contribution in [3.8, 4) is 0 Å². The summed E-state index contributed by atoms with van der Waals surface area (Å²) in [4.78, 5) is 31.1. The molecule has 0 bridgehead atoms. The van der Waals surface area contributed by atoms with Crippen molar-refractivity contribution in [3.63, 3.8) is 0 Å². The second kappa shape index (κ2) is 13.2. The normalized spacial score (nSPS) is 11.6. The Morgan fingerprint density at radius 2 is 1.22 bits per heavy atom. The molecule has 2 aromatic carbocycles. The number of aliphatic carboxylic acids is 1. The number of hydrogen-bond donors (Lipinski definition) is 4. The lowest BCUT2D eigenvalue weighted by atomic mass is 10.1. The van der Waals surface area contributed by atoms with E-state index in [4.69, 9.17) is 20.4 Å². The molecule has 0 spiro atoms. The highest BCUT2D eigenvalue weighted by Gasteiger charge is 2.12. The van der Waals surface area contributed by atoms with Gasteiger partial charge in [-0.2, -0.15) is 0 Å². The second-order valence-electron chi connectivity index (χ2n) is 5.57. The van der Waals surface area contributed by atoms with Gasteiger partial charge in [0.2, 0.25) is 0 Å². The van der Waals surface area contributed by atoms with Crippen LogP contribution in [-0.4, -0.2) is 50.9 Å². The fourth-order valence-electron chi connectivity index (χ4n) is 1.45. The van der Waals surface area contributed by atoms with Crippen LogP contribution in [0.15, 0.2) is 60.7 Å². The first-order chi connectivity index (χ1) is 12.7. The number of carbonyl (C=O) groups is 3. The summed E-state index contributed by atoms with van der Waals surface area (Å²) in [5.41, 5.74) is 0.539. The van der Waals surface area contributed by atoms with Gasteiger partial charge in [-0.25, -0.2) is 9.59 Å². The summed E-state index contributed by atoms with van der Waals surface area (Å²) in [5, 5.41) is 33.7. The summed E-state index contributed by atoms with van der Waals surface area (Å²) in [6.07, 6.45) is -0.384. The highest BCUT2D eigenvalue weighted by molar-refractivity contribution is 6.39. The summed E-state index contributed by atoms with van der Waals surface area (Å²) in [6.45, 7) is 3.53. The number of carbonyl (C=O) groups excluding carboxylic acids is 1. The molecule has 7 heteroatoms. The van der Waals surface area contributed by atoms with E-state index in [1.807, 2.05) is 0 Å². The highest BCUT2D eigenvalue weighted by Crippen LogP contribution is 1.99. The Hall–Kier alpha value is -3.03. The lowest BCUT2D eigenvalue weighted by molar-refractivity contribution is -0.131. The van der Waals surface area contributed by atoms with E-state index in [1.54, 1.807) is 62.4 Å². The minimum Gasteiger partial charge on any atom is -0.478 e. The number of aromatic carboxylic acids is 1. The first-order valence-corrected chi connectivity index (χ1v) is 8.10. The minimum absolute atomic E-state index is 0.0139. The van der Waals surface area contributed by atoms with Crippen LogP contribution in [0.5, 0.6) is 0 Å². The topological polar surface area (TPSA) is 132 Å². The van der Waals surface area contributed by atoms with E-state index < -0.39 is 17.7 Å². The third-order valence-electron chi connectivity index (χ3n) is 3.36. The van der Waals surface area contributed by atoms with Crippen molar-refractivity contribution in [2.24, 2.45) is 5.92 Å². The molecule has 0 saturated carbocycles. The fourth-order valence-corrected chi connectivity index (χ4v) is 1.45. The lowest BCUT2D eigenvalue weighted by Gasteiger charge is -2.08. The maximum Gasteiger partial charge on any atom is 0.377 e. The lowest BCUT2D eigenvalue weighted by Crippen LogP contribution is -2.16. The first kappa shape index (κ1) is 24.0. The zero-order valence-electron chi connectivity index (χ0n) is 15.1. The van der Waals surface area contributed by atoms with Gasteiger partial charge in [0.1, 0.15) is 0 Å². The van der Waals surface area contributed by atoms with Gasteiger partial charge in [0, 0.05) is 18.1 Å². The van der Waals surface area contributed by atoms with E-state index in [-0.39, 0.29) is 24.2 Å². The molecule has 7 nitrogen and oxygen atoms in total. The van der Waals surface area contributed by atoms with Crippen molar-refractivity contribution in [3.05, 3.63) is 71.8 Å². The molecule has 0 heterocycles. The molecule has 4 N–H and O–H groups in total. The van der Waals surface area contributed by atoms with Crippen LogP contribution in [0.3, 0.4) is 0 Å². The minimum atomic E-state index is -1.42. The summed E-state index contributed by atoms with van der Waals surface area (Å²) < 4.78 is 0. The summed E-state index contributed by atoms with van der Waals surface area (Å²) >= 11 is 0. The number of aliphatic hydroxyl groups excluding tert-OH is 2. The quantitative estimate of drug-likeness (QED) is 0.465. The number of rotatable bonds is 5. The van der Waals surface area contributed by atoms with Crippen molar-refractivity contribution in [2.45, 2.75) is 20.0 Å². The van der Waals surface area contributed by atoms with Gasteiger partial charge >= 0.3 is 11.9 Å². The van der Waals surface area contributed by atoms with Gasteiger partial charge in [0.25, 0.3) is 5.78 Å². The number of Topliss-reactive ketones (excluding diaryl/α,β-unsaturated/α-hetero) is 1. The molecule has 0 aliphatic rings. The zero-order valence-corrected chi connectivity index (χ0v) is 15.1. The fraction of sp³-hybridized carbons (Fsp3) is 0.250. The first-order valence-electron chi connectivity index (χ1n) is 8.10. The van der Waals surface area contributed by atoms with E-state index in [2.05, 4.69) is 0 Å². The molecule has 146 valence electrons. The monoisotopic (exact) mass is 376 g/mol. The number of aliphatic hydroxyl groups is 2. The van der Waals surface area contributed by atoms with Gasteiger partial charge in [-0.1, -0.05) is 55.5 Å². The highest BCUT2D eigenvalue weighted by atomic mass is 16.4. The molecule has 0 aromatic heterocycles. The van der Waals surface area contributed by atoms with Gasteiger partial charge in [-0.3, -0.25) is 4.79 Å². The average Bonchev–Trinajstić information content (AvgIpc) is 2.68. The van der Waals surface area contributed by atoms with Gasteiger partial charge in [-0.15, -0.1) is 0 Å². The average molecular weight is 376 g/mol. The Balaban J connectivity index is 0.000000387. The van der Waals surface area contributed by atoms with Gasteiger partial charge in [-0.05, 0) is 19.1 Å². The van der Waals surface area contributed by atoms with Gasteiger partial charge in [0.05, 0.1) is 11.7 Å². The van der Waals surface area contributed by atoms with Crippen LogP contribution in [0.25, 0.3) is 0 Å². The standard InChI is InChI=1S/C8H6O3.C7H6O2.C5H12O2/c9-7(8(10)11)6-4-2-1-3-5-6;8-7(9)6-4-2-1-3-5-6;1-4(3-6)5(2)7/h1-5H,(H,10,11);1-5H,(H,8,9);4-7H,3H2,1-2H3. The van der Waals surface area contributed by atoms with Crippen LogP contribution in [0.4, 0.5) is 0 Å². The van der Waals surface area contributed by atoms with Gasteiger partial charge < -0.3 is 20.4 Å². The molecule has 2 aromatic rings. The molecular weight excluding hydrogens is 352 g/mol. The van der Waals surface area contributed by atoms with E-state index in [0.29, 0.717) is 5.56 Å². The van der Waals surface area contributed by atoms with Crippen LogP contribution in [-0.2, 0) is 4.79 Å².